The molecule has 1 aromatic carbocycles. The number of fused-ring (bicyclic) bond motifs is 1. The molecule has 3 rings (SSSR count). The van der Waals surface area contributed by atoms with Crippen LogP contribution in [-0.2, 0) is 0 Å². The lowest BCUT2D eigenvalue weighted by Gasteiger charge is -2.10. The maximum absolute atomic E-state index is 11.2. The minimum atomic E-state index is -0.945. The smallest absolute Gasteiger partial charge is 0.337 e. The van der Waals surface area contributed by atoms with Gasteiger partial charge < -0.3 is 15.7 Å². The standard InChI is InChI=1S/C16H19N3O2/c20-16(21)14-10-19-15(13-5-2-1-4-12(13)14)18-9-3-8-17-11-6-7-11/h1-2,4-5,10-11,17H,3,6-9H2,(H,18,19)(H,20,21). The summed E-state index contributed by atoms with van der Waals surface area (Å²) in [5, 5.41) is 17.6. The van der Waals surface area contributed by atoms with Crippen LogP contribution in [0.25, 0.3) is 10.8 Å². The van der Waals surface area contributed by atoms with E-state index in [1.54, 1.807) is 0 Å². The van der Waals surface area contributed by atoms with Gasteiger partial charge in [0.1, 0.15) is 5.82 Å². The fourth-order valence-electron chi connectivity index (χ4n) is 2.39. The van der Waals surface area contributed by atoms with E-state index in [1.807, 2.05) is 24.3 Å². The molecule has 110 valence electrons. The normalized spacial score (nSPS) is 14.3. The van der Waals surface area contributed by atoms with E-state index in [0.717, 1.165) is 42.1 Å². The molecule has 0 unspecified atom stereocenters. The number of anilines is 1. The van der Waals surface area contributed by atoms with Crippen molar-refractivity contribution < 1.29 is 9.90 Å². The molecule has 0 atom stereocenters. The Balaban J connectivity index is 1.69. The molecule has 0 amide bonds. The summed E-state index contributed by atoms with van der Waals surface area (Å²) in [7, 11) is 0. The third-order valence-electron chi connectivity index (χ3n) is 3.68. The van der Waals surface area contributed by atoms with Crippen LogP contribution in [0.5, 0.6) is 0 Å². The molecule has 0 saturated heterocycles. The molecule has 1 aromatic heterocycles. The van der Waals surface area contributed by atoms with Crippen LogP contribution in [0.3, 0.4) is 0 Å². The molecule has 0 spiro atoms. The summed E-state index contributed by atoms with van der Waals surface area (Å²) in [5.74, 6) is -0.194. The number of aromatic nitrogens is 1. The summed E-state index contributed by atoms with van der Waals surface area (Å²) in [6, 6.07) is 8.20. The summed E-state index contributed by atoms with van der Waals surface area (Å²) in [4.78, 5) is 15.5. The molecule has 1 heterocycles. The monoisotopic (exact) mass is 285 g/mol. The molecule has 3 N–H and O–H groups in total. The van der Waals surface area contributed by atoms with Gasteiger partial charge in [-0.2, -0.15) is 0 Å². The number of carboxylic acids is 1. The van der Waals surface area contributed by atoms with E-state index in [0.29, 0.717) is 0 Å². The lowest BCUT2D eigenvalue weighted by Crippen LogP contribution is -2.20. The first-order valence-corrected chi connectivity index (χ1v) is 7.34. The van der Waals surface area contributed by atoms with Crippen molar-refractivity contribution in [2.24, 2.45) is 0 Å². The van der Waals surface area contributed by atoms with Gasteiger partial charge >= 0.3 is 5.97 Å². The van der Waals surface area contributed by atoms with E-state index in [-0.39, 0.29) is 5.56 Å². The molecule has 21 heavy (non-hydrogen) atoms. The van der Waals surface area contributed by atoms with Gasteiger partial charge in [-0.3, -0.25) is 0 Å². The van der Waals surface area contributed by atoms with E-state index in [2.05, 4.69) is 15.6 Å². The van der Waals surface area contributed by atoms with Gasteiger partial charge in [-0.05, 0) is 25.8 Å². The van der Waals surface area contributed by atoms with Crippen LogP contribution in [0.4, 0.5) is 5.82 Å². The highest BCUT2D eigenvalue weighted by Gasteiger charge is 2.19. The molecule has 1 aliphatic rings. The first-order chi connectivity index (χ1) is 10.3. The number of carbonyl (C=O) groups is 1. The molecule has 2 aromatic rings. The maximum Gasteiger partial charge on any atom is 0.337 e. The lowest BCUT2D eigenvalue weighted by atomic mass is 10.1. The highest BCUT2D eigenvalue weighted by Crippen LogP contribution is 2.24. The van der Waals surface area contributed by atoms with E-state index in [1.165, 1.54) is 19.0 Å². The zero-order valence-corrected chi connectivity index (χ0v) is 11.8. The zero-order valence-electron chi connectivity index (χ0n) is 11.8. The number of carboxylic acid groups (broad SMARTS) is 1. The van der Waals surface area contributed by atoms with Crippen LogP contribution >= 0.6 is 0 Å². The largest absolute Gasteiger partial charge is 0.478 e. The van der Waals surface area contributed by atoms with Gasteiger partial charge in [0.25, 0.3) is 0 Å². The molecular weight excluding hydrogens is 266 g/mol. The first kappa shape index (κ1) is 13.8. The Labute approximate surface area is 123 Å². The SMILES string of the molecule is O=C(O)c1cnc(NCCCNC2CC2)c2ccccc12. The summed E-state index contributed by atoms with van der Waals surface area (Å²) in [6.07, 6.45) is 5.05. The highest BCUT2D eigenvalue weighted by molar-refractivity contribution is 6.06. The second-order valence-electron chi connectivity index (χ2n) is 5.38. The molecule has 1 saturated carbocycles. The predicted octanol–water partition coefficient (Wildman–Crippen LogP) is 2.49. The van der Waals surface area contributed by atoms with Crippen molar-refractivity contribution in [1.82, 2.24) is 10.3 Å². The summed E-state index contributed by atoms with van der Waals surface area (Å²) in [6.45, 7) is 1.83. The van der Waals surface area contributed by atoms with Crippen molar-refractivity contribution >= 4 is 22.6 Å². The molecule has 5 nitrogen and oxygen atoms in total. The second kappa shape index (κ2) is 6.10. The molecule has 1 aliphatic carbocycles. The van der Waals surface area contributed by atoms with Crippen molar-refractivity contribution in [3.05, 3.63) is 36.0 Å². The second-order valence-corrected chi connectivity index (χ2v) is 5.38. The molecular formula is C16H19N3O2. The highest BCUT2D eigenvalue weighted by atomic mass is 16.4. The van der Waals surface area contributed by atoms with Gasteiger partial charge in [0.15, 0.2) is 0 Å². The minimum Gasteiger partial charge on any atom is -0.478 e. The molecule has 5 heteroatoms. The van der Waals surface area contributed by atoms with Crippen LogP contribution in [-0.4, -0.2) is 35.2 Å². The number of nitrogens with one attached hydrogen (secondary N) is 2. The third kappa shape index (κ3) is 3.31. The van der Waals surface area contributed by atoms with Crippen molar-refractivity contribution in [3.63, 3.8) is 0 Å². The van der Waals surface area contributed by atoms with Gasteiger partial charge in [-0.25, -0.2) is 9.78 Å². The van der Waals surface area contributed by atoms with Crippen LogP contribution in [0.1, 0.15) is 29.6 Å². The number of rotatable bonds is 7. The zero-order chi connectivity index (χ0) is 14.7. The Hall–Kier alpha value is -2.14. The number of nitrogens with zero attached hydrogens (tertiary/aromatic N) is 1. The van der Waals surface area contributed by atoms with Crippen molar-refractivity contribution in [2.75, 3.05) is 18.4 Å². The van der Waals surface area contributed by atoms with Crippen molar-refractivity contribution in [3.8, 4) is 0 Å². The topological polar surface area (TPSA) is 74.2 Å². The van der Waals surface area contributed by atoms with E-state index in [9.17, 15) is 9.90 Å². The Morgan fingerprint density at radius 2 is 2.00 bits per heavy atom. The van der Waals surface area contributed by atoms with Gasteiger partial charge in [-0.1, -0.05) is 24.3 Å². The summed E-state index contributed by atoms with van der Waals surface area (Å²) < 4.78 is 0. The van der Waals surface area contributed by atoms with E-state index in [4.69, 9.17) is 0 Å². The average Bonchev–Trinajstić information content (AvgIpc) is 3.30. The quantitative estimate of drug-likeness (QED) is 0.682. The average molecular weight is 285 g/mol. The Kier molecular flexibility index (Phi) is 4.01. The molecule has 0 aliphatic heterocycles. The van der Waals surface area contributed by atoms with E-state index < -0.39 is 5.97 Å². The third-order valence-corrected chi connectivity index (χ3v) is 3.68. The number of hydrogen-bond acceptors (Lipinski definition) is 4. The Bertz CT molecular complexity index is 653. The Morgan fingerprint density at radius 3 is 2.71 bits per heavy atom. The number of pyridine rings is 1. The van der Waals surface area contributed by atoms with Crippen LogP contribution < -0.4 is 10.6 Å². The summed E-state index contributed by atoms with van der Waals surface area (Å²) in [5.41, 5.74) is 0.242. The maximum atomic E-state index is 11.2. The van der Waals surface area contributed by atoms with Crippen LogP contribution in [0.15, 0.2) is 30.5 Å². The number of hydrogen-bond donors (Lipinski definition) is 3. The predicted molar refractivity (Wildman–Crippen MR) is 82.8 cm³/mol. The minimum absolute atomic E-state index is 0.242. The fourth-order valence-corrected chi connectivity index (χ4v) is 2.39. The molecule has 0 radical (unpaired) electrons. The van der Waals surface area contributed by atoms with Gasteiger partial charge in [0, 0.05) is 29.6 Å². The van der Waals surface area contributed by atoms with Gasteiger partial charge in [-0.15, -0.1) is 0 Å². The van der Waals surface area contributed by atoms with Crippen molar-refractivity contribution in [1.29, 1.82) is 0 Å². The van der Waals surface area contributed by atoms with Crippen LogP contribution in [0.2, 0.25) is 0 Å². The fraction of sp³-hybridized carbons (Fsp3) is 0.375. The van der Waals surface area contributed by atoms with Crippen LogP contribution in [0, 0.1) is 0 Å². The molecule has 1 fully saturated rings. The Morgan fingerprint density at radius 1 is 1.24 bits per heavy atom. The number of aromatic carboxylic acids is 1. The first-order valence-electron chi connectivity index (χ1n) is 7.34. The molecule has 0 bridgehead atoms. The van der Waals surface area contributed by atoms with E-state index >= 15 is 0 Å². The summed E-state index contributed by atoms with van der Waals surface area (Å²) >= 11 is 0. The number of benzene rings is 1. The van der Waals surface area contributed by atoms with Gasteiger partial charge in [0.05, 0.1) is 5.56 Å². The van der Waals surface area contributed by atoms with Gasteiger partial charge in [0.2, 0.25) is 0 Å². The lowest BCUT2D eigenvalue weighted by molar-refractivity contribution is 0.0698. The van der Waals surface area contributed by atoms with Crippen molar-refractivity contribution in [2.45, 2.75) is 25.3 Å².